The van der Waals surface area contributed by atoms with E-state index < -0.39 is 29.5 Å². The van der Waals surface area contributed by atoms with Crippen LogP contribution in [0.15, 0.2) is 42.6 Å². The van der Waals surface area contributed by atoms with Crippen LogP contribution in [0.4, 0.5) is 17.6 Å². The van der Waals surface area contributed by atoms with Crippen LogP contribution in [0.3, 0.4) is 0 Å². The van der Waals surface area contributed by atoms with E-state index in [2.05, 4.69) is 4.98 Å². The Bertz CT molecular complexity index is 611. The molecule has 0 fully saturated rings. The summed E-state index contributed by atoms with van der Waals surface area (Å²) in [6.07, 6.45) is -2.97. The molecule has 2 nitrogen and oxygen atoms in total. The van der Waals surface area contributed by atoms with Crippen molar-refractivity contribution in [2.45, 2.75) is 25.1 Å². The van der Waals surface area contributed by atoms with Crippen LogP contribution in [0.2, 0.25) is 0 Å². The maximum atomic E-state index is 13.8. The summed E-state index contributed by atoms with van der Waals surface area (Å²) in [5, 5.41) is 0. The van der Waals surface area contributed by atoms with Gasteiger partial charge in [0.1, 0.15) is 5.82 Å². The number of aromatic nitrogens is 1. The Kier molecular flexibility index (Phi) is 4.27. The van der Waals surface area contributed by atoms with Gasteiger partial charge in [-0.1, -0.05) is 13.0 Å². The second-order valence-corrected chi connectivity index (χ2v) is 4.80. The van der Waals surface area contributed by atoms with Crippen LogP contribution in [-0.4, -0.2) is 4.98 Å². The van der Waals surface area contributed by atoms with E-state index in [1.54, 1.807) is 31.3 Å². The Morgan fingerprint density at radius 3 is 2.43 bits per heavy atom. The van der Waals surface area contributed by atoms with E-state index >= 15 is 0 Å². The molecule has 0 saturated carbocycles. The molecule has 112 valence electrons. The summed E-state index contributed by atoms with van der Waals surface area (Å²) < 4.78 is 52.0. The summed E-state index contributed by atoms with van der Waals surface area (Å²) in [6.45, 7) is 1.70. The van der Waals surface area contributed by atoms with Crippen molar-refractivity contribution in [3.63, 3.8) is 0 Å². The number of benzene rings is 1. The Balaban J connectivity index is 2.37. The summed E-state index contributed by atoms with van der Waals surface area (Å²) in [6, 6.07) is 6.51. The molecule has 1 aromatic heterocycles. The molecule has 0 spiro atoms. The summed E-state index contributed by atoms with van der Waals surface area (Å²) >= 11 is 0. The van der Waals surface area contributed by atoms with E-state index in [9.17, 15) is 17.6 Å². The molecule has 21 heavy (non-hydrogen) atoms. The molecule has 1 heterocycles. The van der Waals surface area contributed by atoms with Crippen LogP contribution in [0, 0.1) is 5.82 Å². The zero-order valence-electron chi connectivity index (χ0n) is 11.2. The zero-order valence-corrected chi connectivity index (χ0v) is 11.2. The van der Waals surface area contributed by atoms with Gasteiger partial charge in [0.2, 0.25) is 0 Å². The van der Waals surface area contributed by atoms with Crippen molar-refractivity contribution in [3.8, 4) is 0 Å². The number of pyridine rings is 1. The van der Waals surface area contributed by atoms with E-state index in [1.165, 1.54) is 0 Å². The number of alkyl halides is 3. The van der Waals surface area contributed by atoms with Gasteiger partial charge < -0.3 is 5.73 Å². The van der Waals surface area contributed by atoms with Crippen LogP contribution in [0.5, 0.6) is 0 Å². The van der Waals surface area contributed by atoms with Crippen molar-refractivity contribution in [1.29, 1.82) is 0 Å². The highest BCUT2D eigenvalue weighted by atomic mass is 19.4. The first-order valence-corrected chi connectivity index (χ1v) is 6.34. The first-order chi connectivity index (χ1) is 9.80. The summed E-state index contributed by atoms with van der Waals surface area (Å²) in [4.78, 5) is 4.10. The summed E-state index contributed by atoms with van der Waals surface area (Å²) in [5.41, 5.74) is 5.46. The third kappa shape index (κ3) is 3.39. The van der Waals surface area contributed by atoms with Gasteiger partial charge in [-0.3, -0.25) is 4.98 Å². The van der Waals surface area contributed by atoms with Crippen LogP contribution >= 0.6 is 0 Å². The minimum atomic E-state index is -4.53. The maximum absolute atomic E-state index is 13.8. The van der Waals surface area contributed by atoms with Crippen molar-refractivity contribution >= 4 is 0 Å². The summed E-state index contributed by atoms with van der Waals surface area (Å²) in [7, 11) is 0. The fourth-order valence-electron chi connectivity index (χ4n) is 2.07. The number of nitrogens with two attached hydrogens (primary N) is 1. The van der Waals surface area contributed by atoms with Crippen LogP contribution in [-0.2, 0) is 6.18 Å². The number of halogens is 4. The normalized spacial score (nSPS) is 14.8. The third-order valence-electron chi connectivity index (χ3n) is 3.38. The number of hydrogen-bond donors (Lipinski definition) is 1. The highest BCUT2D eigenvalue weighted by Crippen LogP contribution is 2.34. The van der Waals surface area contributed by atoms with E-state index in [0.29, 0.717) is 11.8 Å². The number of rotatable bonds is 3. The second kappa shape index (κ2) is 5.81. The van der Waals surface area contributed by atoms with Gasteiger partial charge in [0.05, 0.1) is 5.56 Å². The number of nitrogens with zero attached hydrogens (tertiary/aromatic N) is 1. The molecule has 6 heteroatoms. The molecule has 2 rings (SSSR count). The molecule has 0 amide bonds. The predicted molar refractivity (Wildman–Crippen MR) is 71.0 cm³/mol. The Hall–Kier alpha value is -1.95. The highest BCUT2D eigenvalue weighted by molar-refractivity contribution is 5.31. The predicted octanol–water partition coefficient (Wildman–Crippen LogP) is 4.04. The van der Waals surface area contributed by atoms with Crippen molar-refractivity contribution < 1.29 is 17.6 Å². The molecule has 2 unspecified atom stereocenters. The van der Waals surface area contributed by atoms with E-state index in [4.69, 9.17) is 5.73 Å². The first-order valence-electron chi connectivity index (χ1n) is 6.34. The van der Waals surface area contributed by atoms with E-state index in [0.717, 1.165) is 12.1 Å². The molecule has 0 aliphatic carbocycles. The van der Waals surface area contributed by atoms with Crippen molar-refractivity contribution in [2.75, 3.05) is 0 Å². The molecule has 0 saturated heterocycles. The van der Waals surface area contributed by atoms with Crippen LogP contribution in [0.1, 0.15) is 35.7 Å². The standard InChI is InChI=1S/C15H14F4N2/c1-9(13-4-2-3-7-21-13)14(20)11-8-10(15(17,18)19)5-6-12(11)16/h2-9,14H,20H2,1H3. The SMILES string of the molecule is CC(c1ccccn1)C(N)c1cc(C(F)(F)F)ccc1F. The van der Waals surface area contributed by atoms with E-state index in [1.807, 2.05) is 0 Å². The molecular formula is C15H14F4N2. The zero-order chi connectivity index (χ0) is 15.6. The average molecular weight is 298 g/mol. The van der Waals surface area contributed by atoms with Crippen molar-refractivity contribution in [1.82, 2.24) is 4.98 Å². The quantitative estimate of drug-likeness (QED) is 0.868. The molecule has 2 aromatic rings. The monoisotopic (exact) mass is 298 g/mol. The smallest absolute Gasteiger partial charge is 0.323 e. The van der Waals surface area contributed by atoms with Gasteiger partial charge >= 0.3 is 6.18 Å². The molecule has 2 N–H and O–H groups in total. The molecule has 2 atom stereocenters. The molecule has 0 radical (unpaired) electrons. The highest BCUT2D eigenvalue weighted by Gasteiger charge is 2.32. The van der Waals surface area contributed by atoms with Crippen LogP contribution < -0.4 is 5.73 Å². The first kappa shape index (κ1) is 15.4. The van der Waals surface area contributed by atoms with Gasteiger partial charge in [-0.25, -0.2) is 4.39 Å². The fraction of sp³-hybridized carbons (Fsp3) is 0.267. The number of hydrogen-bond acceptors (Lipinski definition) is 2. The molecule has 0 bridgehead atoms. The van der Waals surface area contributed by atoms with Gasteiger partial charge in [0, 0.05) is 29.4 Å². The second-order valence-electron chi connectivity index (χ2n) is 4.80. The lowest BCUT2D eigenvalue weighted by atomic mass is 9.91. The van der Waals surface area contributed by atoms with Gasteiger partial charge in [-0.05, 0) is 30.3 Å². The largest absolute Gasteiger partial charge is 0.416 e. The summed E-state index contributed by atoms with van der Waals surface area (Å²) in [5.74, 6) is -1.16. The van der Waals surface area contributed by atoms with Gasteiger partial charge in [-0.15, -0.1) is 0 Å². The Labute approximate surface area is 119 Å². The van der Waals surface area contributed by atoms with Crippen molar-refractivity contribution in [3.05, 3.63) is 65.2 Å². The minimum absolute atomic E-state index is 0.164. The van der Waals surface area contributed by atoms with Crippen LogP contribution in [0.25, 0.3) is 0 Å². The van der Waals surface area contributed by atoms with Gasteiger partial charge in [0.25, 0.3) is 0 Å². The lowest BCUT2D eigenvalue weighted by Crippen LogP contribution is -2.20. The third-order valence-corrected chi connectivity index (χ3v) is 3.38. The molecular weight excluding hydrogens is 284 g/mol. The van der Waals surface area contributed by atoms with E-state index in [-0.39, 0.29) is 5.56 Å². The maximum Gasteiger partial charge on any atom is 0.416 e. The fourth-order valence-corrected chi connectivity index (χ4v) is 2.07. The molecule has 0 aliphatic heterocycles. The minimum Gasteiger partial charge on any atom is -0.323 e. The van der Waals surface area contributed by atoms with Gasteiger partial charge in [-0.2, -0.15) is 13.2 Å². The Morgan fingerprint density at radius 1 is 1.14 bits per heavy atom. The molecule has 1 aromatic carbocycles. The lowest BCUT2D eigenvalue weighted by molar-refractivity contribution is -0.137. The average Bonchev–Trinajstić information content (AvgIpc) is 2.46. The lowest BCUT2D eigenvalue weighted by Gasteiger charge is -2.21. The van der Waals surface area contributed by atoms with Crippen molar-refractivity contribution in [2.24, 2.45) is 5.73 Å². The molecule has 0 aliphatic rings. The topological polar surface area (TPSA) is 38.9 Å². The van der Waals surface area contributed by atoms with Gasteiger partial charge in [0.15, 0.2) is 0 Å². The Morgan fingerprint density at radius 2 is 1.86 bits per heavy atom.